The number of ether oxygens (including phenoxy) is 1. The Hall–Kier alpha value is -2.12. The minimum absolute atomic E-state index is 0.118. The van der Waals surface area contributed by atoms with Crippen molar-refractivity contribution >= 4 is 28.2 Å². The number of anilines is 1. The average molecular weight is 362 g/mol. The number of esters is 1. The first-order valence-corrected chi connectivity index (χ1v) is 9.22. The summed E-state index contributed by atoms with van der Waals surface area (Å²) in [6.45, 7) is 4.43. The van der Waals surface area contributed by atoms with Crippen LogP contribution in [0.1, 0.15) is 30.1 Å². The zero-order valence-corrected chi connectivity index (χ0v) is 15.2. The van der Waals surface area contributed by atoms with Crippen molar-refractivity contribution < 1.29 is 18.7 Å². The van der Waals surface area contributed by atoms with Crippen LogP contribution < -0.4 is 5.32 Å². The number of carbonyl (C=O) groups excluding carboxylic acids is 2. The fraction of sp³-hybridized carbons (Fsp3) is 0.444. The number of carbonyl (C=O) groups is 2. The first-order valence-electron chi connectivity index (χ1n) is 8.34. The van der Waals surface area contributed by atoms with Gasteiger partial charge in [-0.15, -0.1) is 11.3 Å². The fourth-order valence-electron chi connectivity index (χ4n) is 2.96. The Morgan fingerprint density at radius 2 is 2.16 bits per heavy atom. The van der Waals surface area contributed by atoms with Crippen LogP contribution in [0.2, 0.25) is 0 Å². The lowest BCUT2D eigenvalue weighted by atomic mass is 9.99. The van der Waals surface area contributed by atoms with E-state index in [0.717, 1.165) is 31.8 Å². The summed E-state index contributed by atoms with van der Waals surface area (Å²) in [5, 5.41) is 5.15. The number of furan rings is 1. The Morgan fingerprint density at radius 3 is 2.80 bits per heavy atom. The number of piperidine rings is 1. The molecule has 0 aromatic carbocycles. The summed E-state index contributed by atoms with van der Waals surface area (Å²) in [6.07, 6.45) is 3.77. The molecule has 6 nitrogen and oxygen atoms in total. The van der Waals surface area contributed by atoms with Crippen LogP contribution in [0.15, 0.2) is 28.2 Å². The number of nitrogens with zero attached hydrogens (tertiary/aromatic N) is 1. The predicted octanol–water partition coefficient (Wildman–Crippen LogP) is 3.47. The van der Waals surface area contributed by atoms with Crippen molar-refractivity contribution in [3.63, 3.8) is 0 Å². The number of hydrogen-bond acceptors (Lipinski definition) is 6. The number of hydrogen-bond donors (Lipinski definition) is 1. The van der Waals surface area contributed by atoms with Crippen molar-refractivity contribution in [2.24, 2.45) is 5.92 Å². The molecular weight excluding hydrogens is 340 g/mol. The fourth-order valence-corrected chi connectivity index (χ4v) is 3.91. The molecule has 0 radical (unpaired) electrons. The van der Waals surface area contributed by atoms with Gasteiger partial charge in [0, 0.05) is 10.9 Å². The highest BCUT2D eigenvalue weighted by molar-refractivity contribution is 7.15. The number of thiophene rings is 1. The summed E-state index contributed by atoms with van der Waals surface area (Å²) in [4.78, 5) is 26.7. The van der Waals surface area contributed by atoms with Crippen LogP contribution in [0.25, 0.3) is 11.3 Å². The SMILES string of the molecule is COC(=O)c1c(-c2ccco2)csc1NC(=O)CN1CCC(C)CC1. The molecule has 1 saturated heterocycles. The Labute approximate surface area is 150 Å². The molecule has 1 fully saturated rings. The van der Waals surface area contributed by atoms with Gasteiger partial charge in [-0.1, -0.05) is 6.92 Å². The Bertz CT molecular complexity index is 730. The minimum Gasteiger partial charge on any atom is -0.465 e. The zero-order chi connectivity index (χ0) is 17.8. The van der Waals surface area contributed by atoms with Gasteiger partial charge in [-0.25, -0.2) is 4.79 Å². The summed E-state index contributed by atoms with van der Waals surface area (Å²) in [5.41, 5.74) is 0.965. The van der Waals surface area contributed by atoms with Crippen molar-refractivity contribution in [2.75, 3.05) is 32.1 Å². The van der Waals surface area contributed by atoms with Crippen molar-refractivity contribution in [1.82, 2.24) is 4.90 Å². The summed E-state index contributed by atoms with van der Waals surface area (Å²) < 4.78 is 10.3. The van der Waals surface area contributed by atoms with E-state index in [-0.39, 0.29) is 5.91 Å². The second-order valence-corrected chi connectivity index (χ2v) is 7.21. The summed E-state index contributed by atoms with van der Waals surface area (Å²) in [6, 6.07) is 3.53. The van der Waals surface area contributed by atoms with Crippen molar-refractivity contribution in [3.8, 4) is 11.3 Å². The third kappa shape index (κ3) is 4.11. The maximum atomic E-state index is 12.4. The molecule has 1 amide bonds. The average Bonchev–Trinajstić information content (AvgIpc) is 3.25. The number of nitrogens with one attached hydrogen (secondary N) is 1. The highest BCUT2D eigenvalue weighted by Gasteiger charge is 2.24. The van der Waals surface area contributed by atoms with Gasteiger partial charge in [-0.2, -0.15) is 0 Å². The monoisotopic (exact) mass is 362 g/mol. The van der Waals surface area contributed by atoms with Gasteiger partial charge < -0.3 is 14.5 Å². The van der Waals surface area contributed by atoms with E-state index in [9.17, 15) is 9.59 Å². The quantitative estimate of drug-likeness (QED) is 0.825. The van der Waals surface area contributed by atoms with Crippen molar-refractivity contribution in [3.05, 3.63) is 29.3 Å². The van der Waals surface area contributed by atoms with E-state index < -0.39 is 5.97 Å². The molecule has 0 aliphatic carbocycles. The molecule has 3 heterocycles. The van der Waals surface area contributed by atoms with Gasteiger partial charge in [-0.05, 0) is 44.0 Å². The lowest BCUT2D eigenvalue weighted by molar-refractivity contribution is -0.117. The van der Waals surface area contributed by atoms with Crippen LogP contribution in [0, 0.1) is 5.92 Å². The molecule has 0 spiro atoms. The molecule has 7 heteroatoms. The van der Waals surface area contributed by atoms with Gasteiger partial charge in [0.05, 0.1) is 19.9 Å². The van der Waals surface area contributed by atoms with Gasteiger partial charge in [0.1, 0.15) is 16.3 Å². The number of likely N-dealkylation sites (tertiary alicyclic amines) is 1. The lowest BCUT2D eigenvalue weighted by Gasteiger charge is -2.29. The van der Waals surface area contributed by atoms with E-state index in [1.54, 1.807) is 23.8 Å². The van der Waals surface area contributed by atoms with Gasteiger partial charge in [0.25, 0.3) is 0 Å². The first kappa shape index (κ1) is 17.7. The van der Waals surface area contributed by atoms with Gasteiger partial charge >= 0.3 is 5.97 Å². The molecule has 25 heavy (non-hydrogen) atoms. The Morgan fingerprint density at radius 1 is 1.40 bits per heavy atom. The second-order valence-electron chi connectivity index (χ2n) is 6.33. The summed E-state index contributed by atoms with van der Waals surface area (Å²) in [7, 11) is 1.33. The van der Waals surface area contributed by atoms with Crippen molar-refractivity contribution in [2.45, 2.75) is 19.8 Å². The third-order valence-electron chi connectivity index (χ3n) is 4.46. The van der Waals surface area contributed by atoms with Gasteiger partial charge in [-0.3, -0.25) is 9.69 Å². The van der Waals surface area contributed by atoms with Crippen LogP contribution in [-0.4, -0.2) is 43.5 Å². The highest BCUT2D eigenvalue weighted by atomic mass is 32.1. The number of methoxy groups -OCH3 is 1. The smallest absolute Gasteiger partial charge is 0.341 e. The molecule has 0 atom stereocenters. The Balaban J connectivity index is 1.73. The molecule has 134 valence electrons. The molecule has 3 rings (SSSR count). The highest BCUT2D eigenvalue weighted by Crippen LogP contribution is 2.36. The third-order valence-corrected chi connectivity index (χ3v) is 5.36. The van der Waals surface area contributed by atoms with E-state index in [0.29, 0.717) is 28.4 Å². The molecule has 2 aromatic rings. The zero-order valence-electron chi connectivity index (χ0n) is 14.4. The van der Waals surface area contributed by atoms with Crippen LogP contribution in [0.3, 0.4) is 0 Å². The molecule has 1 aliphatic rings. The second kappa shape index (κ2) is 7.84. The molecule has 1 aliphatic heterocycles. The number of amides is 1. The van der Waals surface area contributed by atoms with E-state index in [4.69, 9.17) is 9.15 Å². The summed E-state index contributed by atoms with van der Waals surface area (Å²) >= 11 is 1.30. The van der Waals surface area contributed by atoms with Crippen LogP contribution in [0.4, 0.5) is 5.00 Å². The van der Waals surface area contributed by atoms with Crippen LogP contribution in [-0.2, 0) is 9.53 Å². The maximum Gasteiger partial charge on any atom is 0.341 e. The molecule has 1 N–H and O–H groups in total. The van der Waals surface area contributed by atoms with Crippen LogP contribution in [0.5, 0.6) is 0 Å². The van der Waals surface area contributed by atoms with Crippen molar-refractivity contribution in [1.29, 1.82) is 0 Å². The summed E-state index contributed by atoms with van der Waals surface area (Å²) in [5.74, 6) is 0.683. The molecule has 0 bridgehead atoms. The number of rotatable bonds is 5. The molecule has 2 aromatic heterocycles. The van der Waals surface area contributed by atoms with Gasteiger partial charge in [0.15, 0.2) is 0 Å². The van der Waals surface area contributed by atoms with Gasteiger partial charge in [0.2, 0.25) is 5.91 Å². The minimum atomic E-state index is -0.491. The van der Waals surface area contributed by atoms with Crippen LogP contribution >= 0.6 is 11.3 Å². The van der Waals surface area contributed by atoms with E-state index in [2.05, 4.69) is 17.1 Å². The standard InChI is InChI=1S/C18H22N2O4S/c1-12-5-7-20(8-6-12)10-15(21)19-17-16(18(22)23-2)13(11-25-17)14-4-3-9-24-14/h3-4,9,11-12H,5-8,10H2,1-2H3,(H,19,21). The van der Waals surface area contributed by atoms with E-state index in [1.165, 1.54) is 18.4 Å². The maximum absolute atomic E-state index is 12.4. The topological polar surface area (TPSA) is 71.8 Å². The van der Waals surface area contributed by atoms with E-state index >= 15 is 0 Å². The lowest BCUT2D eigenvalue weighted by Crippen LogP contribution is -2.38. The normalized spacial score (nSPS) is 15.9. The molecular formula is C18H22N2O4S. The largest absolute Gasteiger partial charge is 0.465 e. The van der Waals surface area contributed by atoms with E-state index in [1.807, 2.05) is 0 Å². The molecule has 0 saturated carbocycles. The molecule has 0 unspecified atom stereocenters. The first-order chi connectivity index (χ1) is 12.1. The Kier molecular flexibility index (Phi) is 5.55. The predicted molar refractivity (Wildman–Crippen MR) is 96.8 cm³/mol.